The van der Waals surface area contributed by atoms with E-state index in [1.165, 1.54) is 0 Å². The molecule has 2 nitrogen and oxygen atoms in total. The van der Waals surface area contributed by atoms with Gasteiger partial charge in [-0.05, 0) is 12.8 Å². The van der Waals surface area contributed by atoms with E-state index in [0.717, 1.165) is 0 Å². The zero-order valence-electron chi connectivity index (χ0n) is 6.50. The van der Waals surface area contributed by atoms with Crippen LogP contribution in [0.4, 0.5) is 0 Å². The quantitative estimate of drug-likeness (QED) is 0.598. The first-order valence-corrected chi connectivity index (χ1v) is 3.43. The molecule has 0 heterocycles. The molecule has 0 bridgehead atoms. The van der Waals surface area contributed by atoms with Crippen molar-refractivity contribution in [3.8, 4) is 0 Å². The van der Waals surface area contributed by atoms with Gasteiger partial charge in [0.1, 0.15) is 5.78 Å². The van der Waals surface area contributed by atoms with Crippen molar-refractivity contribution in [1.29, 1.82) is 0 Å². The summed E-state index contributed by atoms with van der Waals surface area (Å²) in [6, 6.07) is 0. The van der Waals surface area contributed by atoms with Crippen LogP contribution in [0.25, 0.3) is 0 Å². The van der Waals surface area contributed by atoms with Crippen LogP contribution in [0.1, 0.15) is 20.3 Å². The summed E-state index contributed by atoms with van der Waals surface area (Å²) in [6.45, 7) is 3.58. The molecule has 0 saturated carbocycles. The minimum Gasteiger partial charge on any atom is -0.392 e. The standard InChI is InChI=1S/C8H14O2/c1-7(4-3-5-9)6-8(2)10/h3-4,7,9H,5-6H2,1-2H3/b4-3+/t7-/m0/s1. The number of allylic oxidation sites excluding steroid dienone is 1. The van der Waals surface area contributed by atoms with Gasteiger partial charge in [-0.25, -0.2) is 0 Å². The van der Waals surface area contributed by atoms with Gasteiger partial charge in [0, 0.05) is 6.42 Å². The molecule has 0 spiro atoms. The fourth-order valence-electron chi connectivity index (χ4n) is 0.815. The van der Waals surface area contributed by atoms with Crippen molar-refractivity contribution in [2.45, 2.75) is 20.3 Å². The molecule has 0 radical (unpaired) electrons. The molecule has 0 aromatic rings. The second-order valence-electron chi connectivity index (χ2n) is 2.49. The van der Waals surface area contributed by atoms with Gasteiger partial charge in [-0.2, -0.15) is 0 Å². The molecule has 0 aromatic heterocycles. The Kier molecular flexibility index (Phi) is 4.85. The van der Waals surface area contributed by atoms with E-state index >= 15 is 0 Å². The molecule has 0 amide bonds. The summed E-state index contributed by atoms with van der Waals surface area (Å²) in [5, 5.41) is 8.38. The molecule has 0 aliphatic heterocycles. The summed E-state index contributed by atoms with van der Waals surface area (Å²) in [6.07, 6.45) is 4.07. The van der Waals surface area contributed by atoms with Crippen molar-refractivity contribution in [3.63, 3.8) is 0 Å². The van der Waals surface area contributed by atoms with E-state index in [2.05, 4.69) is 0 Å². The Morgan fingerprint density at radius 1 is 1.70 bits per heavy atom. The van der Waals surface area contributed by atoms with E-state index in [-0.39, 0.29) is 18.3 Å². The summed E-state index contributed by atoms with van der Waals surface area (Å²) in [7, 11) is 0. The number of carbonyl (C=O) groups excluding carboxylic acids is 1. The first-order valence-electron chi connectivity index (χ1n) is 3.43. The molecule has 0 aromatic carbocycles. The van der Waals surface area contributed by atoms with E-state index < -0.39 is 0 Å². The molecule has 0 aliphatic rings. The van der Waals surface area contributed by atoms with E-state index in [1.54, 1.807) is 13.0 Å². The molecule has 1 atom stereocenters. The molecule has 2 heteroatoms. The van der Waals surface area contributed by atoms with Crippen molar-refractivity contribution in [2.75, 3.05) is 6.61 Å². The highest BCUT2D eigenvalue weighted by atomic mass is 16.2. The lowest BCUT2D eigenvalue weighted by Crippen LogP contribution is -1.98. The fourth-order valence-corrected chi connectivity index (χ4v) is 0.815. The lowest BCUT2D eigenvalue weighted by atomic mass is 10.1. The normalized spacial score (nSPS) is 13.9. The minimum atomic E-state index is 0.0578. The Hall–Kier alpha value is -0.630. The van der Waals surface area contributed by atoms with Crippen molar-refractivity contribution in [3.05, 3.63) is 12.2 Å². The van der Waals surface area contributed by atoms with Crippen LogP contribution in [-0.4, -0.2) is 17.5 Å². The number of carbonyl (C=O) groups is 1. The largest absolute Gasteiger partial charge is 0.392 e. The van der Waals surface area contributed by atoms with Crippen LogP contribution in [-0.2, 0) is 4.79 Å². The summed E-state index contributed by atoms with van der Waals surface area (Å²) >= 11 is 0. The Labute approximate surface area is 61.6 Å². The highest BCUT2D eigenvalue weighted by molar-refractivity contribution is 5.75. The number of ketones is 1. The van der Waals surface area contributed by atoms with Crippen LogP contribution in [0.5, 0.6) is 0 Å². The van der Waals surface area contributed by atoms with Crippen LogP contribution in [0.2, 0.25) is 0 Å². The number of hydrogen-bond acceptors (Lipinski definition) is 2. The predicted molar refractivity (Wildman–Crippen MR) is 40.7 cm³/mol. The number of aliphatic hydroxyl groups is 1. The first kappa shape index (κ1) is 9.37. The fraction of sp³-hybridized carbons (Fsp3) is 0.625. The molecule has 0 aliphatic carbocycles. The lowest BCUT2D eigenvalue weighted by molar-refractivity contribution is -0.117. The average Bonchev–Trinajstić information content (AvgIpc) is 1.82. The van der Waals surface area contributed by atoms with Crippen LogP contribution < -0.4 is 0 Å². The first-order chi connectivity index (χ1) is 4.66. The number of aliphatic hydroxyl groups excluding tert-OH is 1. The second kappa shape index (κ2) is 5.18. The summed E-state index contributed by atoms with van der Waals surface area (Å²) in [5.74, 6) is 0.444. The second-order valence-corrected chi connectivity index (χ2v) is 2.49. The van der Waals surface area contributed by atoms with E-state index in [1.807, 2.05) is 13.0 Å². The Morgan fingerprint density at radius 2 is 2.30 bits per heavy atom. The van der Waals surface area contributed by atoms with E-state index in [0.29, 0.717) is 6.42 Å². The molecular formula is C8H14O2. The van der Waals surface area contributed by atoms with Gasteiger partial charge in [-0.3, -0.25) is 0 Å². The predicted octanol–water partition coefficient (Wildman–Crippen LogP) is 1.15. The highest BCUT2D eigenvalue weighted by Gasteiger charge is 1.99. The maximum Gasteiger partial charge on any atom is 0.130 e. The number of Topliss-reactive ketones (excluding diaryl/α,β-unsaturated/α-hetero) is 1. The number of rotatable bonds is 4. The average molecular weight is 142 g/mol. The molecule has 1 N–H and O–H groups in total. The summed E-state index contributed by atoms with van der Waals surface area (Å²) in [4.78, 5) is 10.5. The Balaban J connectivity index is 3.52. The number of hydrogen-bond donors (Lipinski definition) is 1. The third kappa shape index (κ3) is 5.51. The van der Waals surface area contributed by atoms with Crippen molar-refractivity contribution < 1.29 is 9.90 Å². The van der Waals surface area contributed by atoms with E-state index in [4.69, 9.17) is 5.11 Å². The molecule has 0 saturated heterocycles. The van der Waals surface area contributed by atoms with Crippen LogP contribution in [0, 0.1) is 5.92 Å². The van der Waals surface area contributed by atoms with Gasteiger partial charge in [0.25, 0.3) is 0 Å². The molecule has 0 fully saturated rings. The van der Waals surface area contributed by atoms with Crippen LogP contribution in [0.3, 0.4) is 0 Å². The summed E-state index contributed by atoms with van der Waals surface area (Å²) in [5.41, 5.74) is 0. The SMILES string of the molecule is CC(=O)C[C@@H](C)/C=C/CO. The maximum atomic E-state index is 10.5. The van der Waals surface area contributed by atoms with Crippen molar-refractivity contribution >= 4 is 5.78 Å². The lowest BCUT2D eigenvalue weighted by Gasteiger charge is -1.99. The zero-order valence-corrected chi connectivity index (χ0v) is 6.50. The third-order valence-corrected chi connectivity index (χ3v) is 1.18. The summed E-state index contributed by atoms with van der Waals surface area (Å²) < 4.78 is 0. The van der Waals surface area contributed by atoms with Crippen LogP contribution >= 0.6 is 0 Å². The smallest absolute Gasteiger partial charge is 0.130 e. The van der Waals surface area contributed by atoms with Gasteiger partial charge < -0.3 is 9.90 Å². The van der Waals surface area contributed by atoms with E-state index in [9.17, 15) is 4.79 Å². The van der Waals surface area contributed by atoms with Gasteiger partial charge in [-0.1, -0.05) is 19.1 Å². The Morgan fingerprint density at radius 3 is 2.70 bits per heavy atom. The molecular weight excluding hydrogens is 128 g/mol. The molecule has 0 unspecified atom stereocenters. The topological polar surface area (TPSA) is 37.3 Å². The molecule has 0 rings (SSSR count). The van der Waals surface area contributed by atoms with Gasteiger partial charge >= 0.3 is 0 Å². The van der Waals surface area contributed by atoms with Gasteiger partial charge in [-0.15, -0.1) is 0 Å². The van der Waals surface area contributed by atoms with Gasteiger partial charge in [0.05, 0.1) is 6.61 Å². The van der Waals surface area contributed by atoms with Crippen molar-refractivity contribution in [1.82, 2.24) is 0 Å². The zero-order chi connectivity index (χ0) is 7.98. The Bertz CT molecular complexity index is 127. The third-order valence-electron chi connectivity index (χ3n) is 1.18. The van der Waals surface area contributed by atoms with Crippen LogP contribution in [0.15, 0.2) is 12.2 Å². The molecule has 10 heavy (non-hydrogen) atoms. The van der Waals surface area contributed by atoms with Crippen molar-refractivity contribution in [2.24, 2.45) is 5.92 Å². The van der Waals surface area contributed by atoms with Gasteiger partial charge in [0.15, 0.2) is 0 Å². The monoisotopic (exact) mass is 142 g/mol. The van der Waals surface area contributed by atoms with Gasteiger partial charge in [0.2, 0.25) is 0 Å². The molecule has 58 valence electrons. The maximum absolute atomic E-state index is 10.5. The minimum absolute atomic E-state index is 0.0578. The highest BCUT2D eigenvalue weighted by Crippen LogP contribution is 2.03.